The number of rotatable bonds is 5. The van der Waals surface area contributed by atoms with Gasteiger partial charge in [0.25, 0.3) is 21.8 Å². The third-order valence-electron chi connectivity index (χ3n) is 4.74. The number of sulfonamides is 1. The van der Waals surface area contributed by atoms with E-state index in [9.17, 15) is 18.0 Å². The van der Waals surface area contributed by atoms with Gasteiger partial charge < -0.3 is 10.2 Å². The molecule has 0 atom stereocenters. The van der Waals surface area contributed by atoms with Gasteiger partial charge in [-0.1, -0.05) is 36.0 Å². The lowest BCUT2D eigenvalue weighted by Crippen LogP contribution is -2.39. The molecule has 2 N–H and O–H groups in total. The third kappa shape index (κ3) is 4.28. The molecular weight excluding hydrogens is 434 g/mol. The highest BCUT2D eigenvalue weighted by Crippen LogP contribution is 2.47. The highest BCUT2D eigenvalue weighted by atomic mass is 32.2. The van der Waals surface area contributed by atoms with Crippen molar-refractivity contribution in [1.29, 1.82) is 0 Å². The number of hydrogen-bond donors (Lipinski definition) is 2. The zero-order valence-electron chi connectivity index (χ0n) is 16.5. The monoisotopic (exact) mass is 453 g/mol. The van der Waals surface area contributed by atoms with Crippen molar-refractivity contribution in [3.63, 3.8) is 0 Å². The summed E-state index contributed by atoms with van der Waals surface area (Å²) in [5, 5.41) is 2.47. The second-order valence-electron chi connectivity index (χ2n) is 6.76. The van der Waals surface area contributed by atoms with Crippen molar-refractivity contribution in [2.24, 2.45) is 0 Å². The maximum absolute atomic E-state index is 12.7. The summed E-state index contributed by atoms with van der Waals surface area (Å²) in [6, 6.07) is 20.7. The molecule has 1 aliphatic heterocycles. The average Bonchev–Trinajstić information content (AvgIpc) is 2.78. The Kier molecular flexibility index (Phi) is 5.71. The predicted molar refractivity (Wildman–Crippen MR) is 119 cm³/mol. The lowest BCUT2D eigenvalue weighted by Gasteiger charge is -2.32. The number of carbonyl (C=O) groups is 2. The molecule has 3 aromatic rings. The Morgan fingerprint density at radius 1 is 0.871 bits per heavy atom. The number of hydrogen-bond acceptors (Lipinski definition) is 6. The Labute approximate surface area is 184 Å². The largest absolute Gasteiger partial charge is 0.355 e. The Balaban J connectivity index is 1.56. The molecule has 9 heteroatoms. The van der Waals surface area contributed by atoms with Crippen LogP contribution in [0.2, 0.25) is 0 Å². The van der Waals surface area contributed by atoms with E-state index in [0.29, 0.717) is 5.56 Å². The van der Waals surface area contributed by atoms with Crippen LogP contribution in [0.5, 0.6) is 0 Å². The molecule has 0 radical (unpaired) electrons. The van der Waals surface area contributed by atoms with Crippen LogP contribution in [-0.2, 0) is 14.8 Å². The summed E-state index contributed by atoms with van der Waals surface area (Å²) >= 11 is 1.60. The van der Waals surface area contributed by atoms with Gasteiger partial charge in [0, 0.05) is 22.4 Å². The van der Waals surface area contributed by atoms with Crippen LogP contribution in [0.1, 0.15) is 10.4 Å². The molecule has 4 rings (SSSR count). The molecule has 0 aliphatic carbocycles. The maximum atomic E-state index is 12.7. The molecule has 0 aromatic heterocycles. The second-order valence-corrected chi connectivity index (χ2v) is 9.52. The molecule has 7 nitrogen and oxygen atoms in total. The molecule has 31 heavy (non-hydrogen) atoms. The molecule has 0 bridgehead atoms. The Morgan fingerprint density at radius 2 is 1.42 bits per heavy atom. The molecule has 0 saturated heterocycles. The first kappa shape index (κ1) is 21.0. The van der Waals surface area contributed by atoms with Gasteiger partial charge in [-0.05, 0) is 48.5 Å². The number of nitrogens with zero attached hydrogens (tertiary/aromatic N) is 1. The first-order valence-electron chi connectivity index (χ1n) is 9.40. The molecule has 158 valence electrons. The van der Waals surface area contributed by atoms with Crippen molar-refractivity contribution in [3.05, 3.63) is 78.4 Å². The fourth-order valence-electron chi connectivity index (χ4n) is 3.27. The first-order valence-corrected chi connectivity index (χ1v) is 11.7. The summed E-state index contributed by atoms with van der Waals surface area (Å²) in [6.45, 7) is -0.163. The number of amides is 2. The van der Waals surface area contributed by atoms with E-state index < -0.39 is 15.9 Å². The van der Waals surface area contributed by atoms with Crippen LogP contribution < -0.4 is 14.9 Å². The minimum absolute atomic E-state index is 0.0940. The highest BCUT2D eigenvalue weighted by molar-refractivity contribution is 7.99. The van der Waals surface area contributed by atoms with Gasteiger partial charge in [0.1, 0.15) is 6.54 Å². The van der Waals surface area contributed by atoms with E-state index >= 15 is 0 Å². The summed E-state index contributed by atoms with van der Waals surface area (Å²) in [4.78, 5) is 28.1. The number of fused-ring (bicyclic) bond motifs is 2. The van der Waals surface area contributed by atoms with Gasteiger partial charge in [-0.2, -0.15) is 0 Å². The van der Waals surface area contributed by atoms with Crippen LogP contribution in [0.15, 0.2) is 87.5 Å². The van der Waals surface area contributed by atoms with Gasteiger partial charge in [-0.25, -0.2) is 13.1 Å². The van der Waals surface area contributed by atoms with Crippen LogP contribution in [0, 0.1) is 0 Å². The fraction of sp³-hybridized carbons (Fsp3) is 0.0909. The smallest absolute Gasteiger partial charge is 0.264 e. The van der Waals surface area contributed by atoms with Gasteiger partial charge in [0.2, 0.25) is 0 Å². The summed E-state index contributed by atoms with van der Waals surface area (Å²) < 4.78 is 27.5. The van der Waals surface area contributed by atoms with Crippen molar-refractivity contribution in [3.8, 4) is 0 Å². The van der Waals surface area contributed by atoms with Crippen molar-refractivity contribution in [2.45, 2.75) is 14.7 Å². The summed E-state index contributed by atoms with van der Waals surface area (Å²) in [6.07, 6.45) is 0. The third-order valence-corrected chi connectivity index (χ3v) is 7.26. The lowest BCUT2D eigenvalue weighted by atomic mass is 10.2. The highest BCUT2D eigenvalue weighted by Gasteiger charge is 2.26. The van der Waals surface area contributed by atoms with Crippen LogP contribution in [0.4, 0.5) is 11.4 Å². The molecule has 2 amide bonds. The Hall–Kier alpha value is -3.30. The van der Waals surface area contributed by atoms with E-state index in [4.69, 9.17) is 0 Å². The molecule has 0 saturated carbocycles. The van der Waals surface area contributed by atoms with Crippen molar-refractivity contribution < 1.29 is 18.0 Å². The molecular formula is C22H19N3O4S2. The topological polar surface area (TPSA) is 95.6 Å². The van der Waals surface area contributed by atoms with Crippen LogP contribution >= 0.6 is 11.8 Å². The molecule has 0 fully saturated rings. The quantitative estimate of drug-likeness (QED) is 0.616. The van der Waals surface area contributed by atoms with E-state index in [0.717, 1.165) is 21.2 Å². The maximum Gasteiger partial charge on any atom is 0.264 e. The number of carbonyl (C=O) groups excluding carboxylic acids is 2. The molecule has 1 aliphatic rings. The number of anilines is 2. The second kappa shape index (κ2) is 8.44. The predicted octanol–water partition coefficient (Wildman–Crippen LogP) is 3.15. The minimum Gasteiger partial charge on any atom is -0.355 e. The van der Waals surface area contributed by atoms with Gasteiger partial charge in [-0.15, -0.1) is 0 Å². The van der Waals surface area contributed by atoms with Gasteiger partial charge >= 0.3 is 0 Å². The van der Waals surface area contributed by atoms with Gasteiger partial charge in [0.15, 0.2) is 0 Å². The number of benzene rings is 3. The van der Waals surface area contributed by atoms with E-state index in [2.05, 4.69) is 10.0 Å². The Morgan fingerprint density at radius 3 is 1.97 bits per heavy atom. The Bertz CT molecular complexity index is 1210. The van der Waals surface area contributed by atoms with Crippen LogP contribution in [-0.4, -0.2) is 33.8 Å². The normalized spacial score (nSPS) is 12.5. The summed E-state index contributed by atoms with van der Waals surface area (Å²) in [5.41, 5.74) is 2.01. The standard InChI is InChI=1S/C22H19N3O4S2/c1-23-22(27)15-10-12-16(13-11-15)31(28,29)24-21(26)14-25-17-6-2-4-8-19(17)30-20-9-5-3-7-18(20)25/h2-13H,14H2,1H3,(H,23,27)(H,24,26). The van der Waals surface area contributed by atoms with Gasteiger partial charge in [-0.3, -0.25) is 9.59 Å². The molecule has 3 aromatic carbocycles. The summed E-state index contributed by atoms with van der Waals surface area (Å²) in [5.74, 6) is -0.986. The van der Waals surface area contributed by atoms with Gasteiger partial charge in [0.05, 0.1) is 16.3 Å². The minimum atomic E-state index is -4.08. The number of nitrogens with one attached hydrogen (secondary N) is 2. The molecule has 0 spiro atoms. The van der Waals surface area contributed by atoms with Crippen molar-refractivity contribution >= 4 is 45.0 Å². The summed E-state index contributed by atoms with van der Waals surface area (Å²) in [7, 11) is -2.59. The zero-order chi connectivity index (χ0) is 22.0. The van der Waals surface area contributed by atoms with Crippen LogP contribution in [0.3, 0.4) is 0 Å². The van der Waals surface area contributed by atoms with E-state index in [-0.39, 0.29) is 17.3 Å². The van der Waals surface area contributed by atoms with Crippen molar-refractivity contribution in [2.75, 3.05) is 18.5 Å². The zero-order valence-corrected chi connectivity index (χ0v) is 18.2. The fourth-order valence-corrected chi connectivity index (χ4v) is 5.34. The van der Waals surface area contributed by atoms with Crippen molar-refractivity contribution in [1.82, 2.24) is 10.0 Å². The molecule has 1 heterocycles. The lowest BCUT2D eigenvalue weighted by molar-refractivity contribution is -0.117. The first-order chi connectivity index (χ1) is 14.9. The van der Waals surface area contributed by atoms with E-state index in [1.54, 1.807) is 16.7 Å². The average molecular weight is 454 g/mol. The van der Waals surface area contributed by atoms with Crippen LogP contribution in [0.25, 0.3) is 0 Å². The SMILES string of the molecule is CNC(=O)c1ccc(S(=O)(=O)NC(=O)CN2c3ccccc3Sc3ccccc32)cc1. The van der Waals surface area contributed by atoms with E-state index in [1.807, 2.05) is 48.5 Å². The number of para-hydroxylation sites is 2. The molecule has 0 unspecified atom stereocenters. The van der Waals surface area contributed by atoms with E-state index in [1.165, 1.54) is 31.3 Å².